The quantitative estimate of drug-likeness (QED) is 0.859. The molecule has 1 aliphatic heterocycles. The first-order valence-corrected chi connectivity index (χ1v) is 7.67. The molecule has 1 fully saturated rings. The average Bonchev–Trinajstić information content (AvgIpc) is 2.97. The second kappa shape index (κ2) is 6.71. The number of hydrogen-bond donors (Lipinski definition) is 0. The van der Waals surface area contributed by atoms with Crippen molar-refractivity contribution < 1.29 is 9.15 Å². The van der Waals surface area contributed by atoms with Crippen LogP contribution in [0.4, 0.5) is 5.88 Å². The topological polar surface area (TPSA) is 62.3 Å². The van der Waals surface area contributed by atoms with Gasteiger partial charge >= 0.3 is 0 Å². The van der Waals surface area contributed by atoms with Crippen LogP contribution >= 0.6 is 11.6 Å². The fourth-order valence-corrected chi connectivity index (χ4v) is 2.68. The summed E-state index contributed by atoms with van der Waals surface area (Å²) in [7, 11) is 0. The zero-order valence-electron chi connectivity index (χ0n) is 12.1. The molecule has 0 saturated carbocycles. The molecule has 0 amide bonds. The molecule has 0 radical (unpaired) electrons. The number of aromatic nitrogens is 1. The van der Waals surface area contributed by atoms with Gasteiger partial charge in [-0.15, -0.1) is 0 Å². The first kappa shape index (κ1) is 14.7. The van der Waals surface area contributed by atoms with Crippen LogP contribution in [0.1, 0.15) is 30.8 Å². The predicted octanol–water partition coefficient (Wildman–Crippen LogP) is 3.77. The van der Waals surface area contributed by atoms with Gasteiger partial charge in [-0.1, -0.05) is 17.7 Å². The molecule has 3 rings (SSSR count). The summed E-state index contributed by atoms with van der Waals surface area (Å²) in [6.45, 7) is 1.97. The SMILES string of the molecule is N#Cc1nc(COc2cccc(Cl)c2)oc1N1CCCCC1. The van der Waals surface area contributed by atoms with E-state index in [2.05, 4.69) is 16.0 Å². The first-order valence-electron chi connectivity index (χ1n) is 7.29. The second-order valence-electron chi connectivity index (χ2n) is 5.17. The molecule has 1 aliphatic rings. The lowest BCUT2D eigenvalue weighted by molar-refractivity contribution is 0.263. The molecule has 0 bridgehead atoms. The van der Waals surface area contributed by atoms with Crippen LogP contribution in [0, 0.1) is 11.3 Å². The number of nitriles is 1. The van der Waals surface area contributed by atoms with Gasteiger partial charge in [0.25, 0.3) is 0 Å². The van der Waals surface area contributed by atoms with E-state index in [1.54, 1.807) is 12.1 Å². The molecule has 0 atom stereocenters. The van der Waals surface area contributed by atoms with Crippen LogP contribution in [0.25, 0.3) is 0 Å². The molecular formula is C16H16ClN3O2. The normalized spacial score (nSPS) is 14.6. The zero-order valence-corrected chi connectivity index (χ0v) is 12.8. The Balaban J connectivity index is 1.72. The second-order valence-corrected chi connectivity index (χ2v) is 5.60. The van der Waals surface area contributed by atoms with Crippen molar-refractivity contribution >= 4 is 17.5 Å². The van der Waals surface area contributed by atoms with E-state index in [1.165, 1.54) is 6.42 Å². The van der Waals surface area contributed by atoms with Gasteiger partial charge in [0.2, 0.25) is 17.5 Å². The van der Waals surface area contributed by atoms with E-state index < -0.39 is 0 Å². The monoisotopic (exact) mass is 317 g/mol. The summed E-state index contributed by atoms with van der Waals surface area (Å²) in [5.74, 6) is 1.60. The molecule has 1 saturated heterocycles. The minimum absolute atomic E-state index is 0.170. The van der Waals surface area contributed by atoms with Crippen molar-refractivity contribution in [3.8, 4) is 11.8 Å². The van der Waals surface area contributed by atoms with Gasteiger partial charge in [-0.25, -0.2) is 0 Å². The van der Waals surface area contributed by atoms with Crippen molar-refractivity contribution in [1.82, 2.24) is 4.98 Å². The Morgan fingerprint density at radius 3 is 2.86 bits per heavy atom. The lowest BCUT2D eigenvalue weighted by Crippen LogP contribution is -2.29. The highest BCUT2D eigenvalue weighted by Gasteiger charge is 2.21. The molecule has 114 valence electrons. The van der Waals surface area contributed by atoms with Gasteiger partial charge < -0.3 is 14.1 Å². The van der Waals surface area contributed by atoms with Crippen molar-refractivity contribution in [1.29, 1.82) is 5.26 Å². The van der Waals surface area contributed by atoms with Crippen molar-refractivity contribution in [3.63, 3.8) is 0 Å². The molecule has 0 unspecified atom stereocenters. The Morgan fingerprint density at radius 1 is 1.32 bits per heavy atom. The van der Waals surface area contributed by atoms with Crippen LogP contribution < -0.4 is 9.64 Å². The largest absolute Gasteiger partial charge is 0.484 e. The number of hydrogen-bond acceptors (Lipinski definition) is 5. The standard InChI is InChI=1S/C16H16ClN3O2/c17-12-5-4-6-13(9-12)21-11-15-19-14(10-18)16(22-15)20-7-2-1-3-8-20/h4-6,9H,1-3,7-8,11H2. The van der Waals surface area contributed by atoms with E-state index in [4.69, 9.17) is 20.8 Å². The van der Waals surface area contributed by atoms with E-state index in [0.717, 1.165) is 25.9 Å². The highest BCUT2D eigenvalue weighted by molar-refractivity contribution is 6.30. The zero-order chi connectivity index (χ0) is 15.4. The maximum Gasteiger partial charge on any atom is 0.236 e. The van der Waals surface area contributed by atoms with Crippen LogP contribution in [-0.4, -0.2) is 18.1 Å². The highest BCUT2D eigenvalue weighted by Crippen LogP contribution is 2.26. The van der Waals surface area contributed by atoms with Crippen molar-refractivity contribution in [3.05, 3.63) is 40.9 Å². The molecule has 2 aromatic rings. The minimum Gasteiger partial charge on any atom is -0.484 e. The number of oxazole rings is 1. The summed E-state index contributed by atoms with van der Waals surface area (Å²) in [4.78, 5) is 6.30. The van der Waals surface area contributed by atoms with Crippen LogP contribution in [-0.2, 0) is 6.61 Å². The van der Waals surface area contributed by atoms with Crippen LogP contribution in [0.2, 0.25) is 5.02 Å². The molecule has 0 spiro atoms. The molecule has 1 aromatic carbocycles. The average molecular weight is 318 g/mol. The van der Waals surface area contributed by atoms with Crippen LogP contribution in [0.3, 0.4) is 0 Å². The molecular weight excluding hydrogens is 302 g/mol. The highest BCUT2D eigenvalue weighted by atomic mass is 35.5. The lowest BCUT2D eigenvalue weighted by atomic mass is 10.1. The minimum atomic E-state index is 0.170. The Bertz CT molecular complexity index is 687. The number of nitrogens with zero attached hydrogens (tertiary/aromatic N) is 3. The molecule has 0 N–H and O–H groups in total. The molecule has 1 aromatic heterocycles. The van der Waals surface area contributed by atoms with E-state index in [1.807, 2.05) is 12.1 Å². The van der Waals surface area contributed by atoms with Gasteiger partial charge in [0, 0.05) is 18.1 Å². The van der Waals surface area contributed by atoms with E-state index in [9.17, 15) is 5.26 Å². The van der Waals surface area contributed by atoms with Gasteiger partial charge in [0.1, 0.15) is 11.8 Å². The number of piperidine rings is 1. The van der Waals surface area contributed by atoms with Gasteiger partial charge in [-0.05, 0) is 37.5 Å². The Hall–Kier alpha value is -2.19. The van der Waals surface area contributed by atoms with Gasteiger partial charge in [0.15, 0.2) is 6.61 Å². The van der Waals surface area contributed by atoms with E-state index >= 15 is 0 Å². The number of halogens is 1. The third-order valence-electron chi connectivity index (χ3n) is 3.56. The molecule has 2 heterocycles. The molecule has 0 aliphatic carbocycles. The third kappa shape index (κ3) is 3.34. The number of ether oxygens (including phenoxy) is 1. The maximum absolute atomic E-state index is 9.23. The van der Waals surface area contributed by atoms with Gasteiger partial charge in [-0.3, -0.25) is 0 Å². The van der Waals surface area contributed by atoms with E-state index in [0.29, 0.717) is 28.2 Å². The summed E-state index contributed by atoms with van der Waals surface area (Å²) in [6, 6.07) is 9.22. The Labute approximate surface area is 134 Å². The Morgan fingerprint density at radius 2 is 2.14 bits per heavy atom. The third-order valence-corrected chi connectivity index (χ3v) is 3.80. The molecule has 5 nitrogen and oxygen atoms in total. The summed E-state index contributed by atoms with van der Waals surface area (Å²) in [6.07, 6.45) is 3.44. The van der Waals surface area contributed by atoms with Crippen molar-refractivity contribution in [2.75, 3.05) is 18.0 Å². The number of anilines is 1. The lowest BCUT2D eigenvalue weighted by Gasteiger charge is -2.25. The van der Waals surface area contributed by atoms with Gasteiger partial charge in [-0.2, -0.15) is 10.2 Å². The summed E-state index contributed by atoms with van der Waals surface area (Å²) in [5, 5.41) is 9.83. The number of rotatable bonds is 4. The molecule has 6 heteroatoms. The van der Waals surface area contributed by atoms with E-state index in [-0.39, 0.29) is 6.61 Å². The summed E-state index contributed by atoms with van der Waals surface area (Å²) < 4.78 is 11.3. The fraction of sp³-hybridized carbons (Fsp3) is 0.375. The fourth-order valence-electron chi connectivity index (χ4n) is 2.50. The smallest absolute Gasteiger partial charge is 0.236 e. The Kier molecular flexibility index (Phi) is 4.50. The first-order chi connectivity index (χ1) is 10.8. The summed E-state index contributed by atoms with van der Waals surface area (Å²) in [5.41, 5.74) is 0.326. The predicted molar refractivity (Wildman–Crippen MR) is 83.1 cm³/mol. The van der Waals surface area contributed by atoms with Crippen LogP contribution in [0.15, 0.2) is 28.7 Å². The summed E-state index contributed by atoms with van der Waals surface area (Å²) >= 11 is 5.91. The maximum atomic E-state index is 9.23. The van der Waals surface area contributed by atoms with Crippen LogP contribution in [0.5, 0.6) is 5.75 Å². The number of benzene rings is 1. The molecule has 22 heavy (non-hydrogen) atoms. The van der Waals surface area contributed by atoms with Gasteiger partial charge in [0.05, 0.1) is 0 Å². The van der Waals surface area contributed by atoms with Crippen molar-refractivity contribution in [2.24, 2.45) is 0 Å². The van der Waals surface area contributed by atoms with Crippen molar-refractivity contribution in [2.45, 2.75) is 25.9 Å².